The molecule has 0 aliphatic carbocycles. The molecule has 1 fully saturated rings. The minimum Gasteiger partial charge on any atom is -0.355 e. The fourth-order valence-electron chi connectivity index (χ4n) is 4.01. The van der Waals surface area contributed by atoms with Crippen molar-refractivity contribution in [2.45, 2.75) is 46.7 Å². The van der Waals surface area contributed by atoms with Crippen molar-refractivity contribution in [2.24, 2.45) is 0 Å². The third-order valence-corrected chi connectivity index (χ3v) is 8.60. The number of hydrogen-bond donors (Lipinski definition) is 0. The summed E-state index contributed by atoms with van der Waals surface area (Å²) < 4.78 is 25.7. The number of fused-ring (bicyclic) bond motifs is 1. The molecule has 3 aromatic rings. The van der Waals surface area contributed by atoms with Crippen LogP contribution in [-0.2, 0) is 16.4 Å². The van der Waals surface area contributed by atoms with E-state index in [-0.39, 0.29) is 17.5 Å². The minimum absolute atomic E-state index is 0.0599. The number of anilines is 1. The van der Waals surface area contributed by atoms with Crippen molar-refractivity contribution >= 4 is 37.2 Å². The van der Waals surface area contributed by atoms with E-state index in [4.69, 9.17) is 0 Å². The predicted octanol–water partition coefficient (Wildman–Crippen LogP) is 3.12. The van der Waals surface area contributed by atoms with Gasteiger partial charge in [-0.05, 0) is 39.7 Å². The molecule has 0 radical (unpaired) electrons. The second kappa shape index (κ2) is 6.81. The highest BCUT2D eigenvalue weighted by molar-refractivity contribution is 7.91. The van der Waals surface area contributed by atoms with E-state index in [1.165, 1.54) is 10.4 Å². The van der Waals surface area contributed by atoms with Gasteiger partial charge in [0.25, 0.3) is 0 Å². The molecule has 0 amide bonds. The van der Waals surface area contributed by atoms with Crippen LogP contribution in [0.5, 0.6) is 0 Å². The number of aromatic nitrogens is 4. The van der Waals surface area contributed by atoms with E-state index in [1.807, 2.05) is 25.6 Å². The molecular formula is C19H25N5O2S2. The van der Waals surface area contributed by atoms with Gasteiger partial charge in [-0.1, -0.05) is 0 Å². The molecule has 0 bridgehead atoms. The molecule has 0 aromatic carbocycles. The first kappa shape index (κ1) is 19.3. The van der Waals surface area contributed by atoms with Crippen LogP contribution in [0.3, 0.4) is 0 Å². The first-order valence-corrected chi connectivity index (χ1v) is 12.0. The molecule has 1 saturated heterocycles. The average molecular weight is 420 g/mol. The third-order valence-electron chi connectivity index (χ3n) is 5.73. The molecule has 4 heterocycles. The predicted molar refractivity (Wildman–Crippen MR) is 113 cm³/mol. The molecule has 3 aromatic heterocycles. The van der Waals surface area contributed by atoms with Crippen molar-refractivity contribution in [1.29, 1.82) is 0 Å². The Morgan fingerprint density at radius 3 is 2.68 bits per heavy atom. The SMILES string of the molecule is Cc1nn(C2CCS(=O)(=O)C2)c(C)c1CN(C)c1ncnc2sc(C)c(C)c12. The molecule has 0 spiro atoms. The highest BCUT2D eigenvalue weighted by atomic mass is 32.2. The fraction of sp³-hybridized carbons (Fsp3) is 0.526. The highest BCUT2D eigenvalue weighted by Gasteiger charge is 2.31. The second-order valence-electron chi connectivity index (χ2n) is 7.67. The van der Waals surface area contributed by atoms with Gasteiger partial charge in [-0.15, -0.1) is 11.3 Å². The summed E-state index contributed by atoms with van der Waals surface area (Å²) in [6.45, 7) is 8.91. The fourth-order valence-corrected chi connectivity index (χ4v) is 6.70. The monoisotopic (exact) mass is 419 g/mol. The average Bonchev–Trinajstić information content (AvgIpc) is 3.24. The maximum absolute atomic E-state index is 11.9. The zero-order chi connectivity index (χ0) is 20.2. The maximum atomic E-state index is 11.9. The third kappa shape index (κ3) is 3.20. The molecular weight excluding hydrogens is 394 g/mol. The molecule has 1 atom stereocenters. The van der Waals surface area contributed by atoms with Gasteiger partial charge in [-0.3, -0.25) is 4.68 Å². The summed E-state index contributed by atoms with van der Waals surface area (Å²) in [4.78, 5) is 13.4. The summed E-state index contributed by atoms with van der Waals surface area (Å²) in [6, 6.07) is -0.0599. The molecule has 1 aliphatic rings. The largest absolute Gasteiger partial charge is 0.355 e. The molecule has 0 saturated carbocycles. The summed E-state index contributed by atoms with van der Waals surface area (Å²) in [5.74, 6) is 1.35. The minimum atomic E-state index is -2.94. The van der Waals surface area contributed by atoms with Crippen LogP contribution in [-0.4, -0.2) is 46.7 Å². The Labute approximate surface area is 169 Å². The van der Waals surface area contributed by atoms with Gasteiger partial charge in [-0.2, -0.15) is 5.10 Å². The maximum Gasteiger partial charge on any atom is 0.152 e. The summed E-state index contributed by atoms with van der Waals surface area (Å²) in [5.41, 5.74) is 4.33. The number of nitrogens with zero attached hydrogens (tertiary/aromatic N) is 5. The lowest BCUT2D eigenvalue weighted by atomic mass is 10.1. The molecule has 4 rings (SSSR count). The first-order valence-electron chi connectivity index (χ1n) is 9.35. The number of aryl methyl sites for hydroxylation is 3. The van der Waals surface area contributed by atoms with Gasteiger partial charge in [-0.25, -0.2) is 18.4 Å². The van der Waals surface area contributed by atoms with E-state index in [1.54, 1.807) is 17.7 Å². The quantitative estimate of drug-likeness (QED) is 0.646. The van der Waals surface area contributed by atoms with Crippen LogP contribution in [0.4, 0.5) is 5.82 Å². The lowest BCUT2D eigenvalue weighted by Crippen LogP contribution is -2.19. The van der Waals surface area contributed by atoms with Gasteiger partial charge < -0.3 is 4.90 Å². The van der Waals surface area contributed by atoms with Crippen LogP contribution in [0.1, 0.15) is 39.9 Å². The highest BCUT2D eigenvalue weighted by Crippen LogP contribution is 2.35. The first-order chi connectivity index (χ1) is 13.2. The second-order valence-corrected chi connectivity index (χ2v) is 11.1. The molecule has 9 heteroatoms. The summed E-state index contributed by atoms with van der Waals surface area (Å²) in [7, 11) is -0.912. The van der Waals surface area contributed by atoms with E-state index < -0.39 is 9.84 Å². The Bertz CT molecular complexity index is 1160. The number of thiophene rings is 1. The van der Waals surface area contributed by atoms with E-state index >= 15 is 0 Å². The van der Waals surface area contributed by atoms with E-state index in [0.29, 0.717) is 13.0 Å². The van der Waals surface area contributed by atoms with Crippen LogP contribution in [0, 0.1) is 27.7 Å². The molecule has 150 valence electrons. The lowest BCUT2D eigenvalue weighted by molar-refractivity contribution is 0.485. The van der Waals surface area contributed by atoms with Crippen LogP contribution in [0.2, 0.25) is 0 Å². The van der Waals surface area contributed by atoms with Gasteiger partial charge in [0.2, 0.25) is 0 Å². The van der Waals surface area contributed by atoms with Crippen molar-refractivity contribution < 1.29 is 8.42 Å². The van der Waals surface area contributed by atoms with Crippen molar-refractivity contribution in [1.82, 2.24) is 19.7 Å². The summed E-state index contributed by atoms with van der Waals surface area (Å²) >= 11 is 1.69. The topological polar surface area (TPSA) is 81.0 Å². The van der Waals surface area contributed by atoms with Crippen LogP contribution < -0.4 is 4.90 Å². The Balaban J connectivity index is 1.67. The van der Waals surface area contributed by atoms with Crippen molar-refractivity contribution in [3.63, 3.8) is 0 Å². The molecule has 1 aliphatic heterocycles. The van der Waals surface area contributed by atoms with Crippen LogP contribution >= 0.6 is 11.3 Å². The van der Waals surface area contributed by atoms with E-state index in [2.05, 4.69) is 33.8 Å². The smallest absolute Gasteiger partial charge is 0.152 e. The zero-order valence-corrected chi connectivity index (χ0v) is 18.5. The van der Waals surface area contributed by atoms with E-state index in [0.717, 1.165) is 33.0 Å². The number of sulfone groups is 1. The van der Waals surface area contributed by atoms with Crippen LogP contribution in [0.15, 0.2) is 6.33 Å². The Hall–Kier alpha value is -2.00. The standard InChI is InChI=1S/C19H25N5O2S2/c1-11-14(4)27-19-17(11)18(20-10-21-19)23(5)8-16-12(2)22-24(13(16)3)15-6-7-28(25,26)9-15/h10,15H,6-9H2,1-5H3. The zero-order valence-electron chi connectivity index (χ0n) is 16.9. The van der Waals surface area contributed by atoms with Gasteiger partial charge in [0.05, 0.1) is 28.6 Å². The molecule has 0 N–H and O–H groups in total. The number of rotatable bonds is 4. The van der Waals surface area contributed by atoms with Gasteiger partial charge >= 0.3 is 0 Å². The summed E-state index contributed by atoms with van der Waals surface area (Å²) in [6.07, 6.45) is 2.26. The van der Waals surface area contributed by atoms with Gasteiger partial charge in [0.15, 0.2) is 9.84 Å². The normalized spacial score (nSPS) is 18.8. The Kier molecular flexibility index (Phi) is 4.70. The van der Waals surface area contributed by atoms with Crippen molar-refractivity contribution in [2.75, 3.05) is 23.5 Å². The number of hydrogen-bond acceptors (Lipinski definition) is 7. The van der Waals surface area contributed by atoms with Gasteiger partial charge in [0, 0.05) is 29.7 Å². The van der Waals surface area contributed by atoms with Crippen LogP contribution in [0.25, 0.3) is 10.2 Å². The Morgan fingerprint density at radius 2 is 2.00 bits per heavy atom. The molecule has 1 unspecified atom stereocenters. The molecule has 28 heavy (non-hydrogen) atoms. The van der Waals surface area contributed by atoms with Crippen molar-refractivity contribution in [3.05, 3.63) is 33.7 Å². The van der Waals surface area contributed by atoms with E-state index in [9.17, 15) is 8.42 Å². The Morgan fingerprint density at radius 1 is 1.25 bits per heavy atom. The van der Waals surface area contributed by atoms with Crippen molar-refractivity contribution in [3.8, 4) is 0 Å². The lowest BCUT2D eigenvalue weighted by Gasteiger charge is -2.20. The van der Waals surface area contributed by atoms with Gasteiger partial charge in [0.1, 0.15) is 17.0 Å². The summed E-state index contributed by atoms with van der Waals surface area (Å²) in [5, 5.41) is 5.79. The molecule has 7 nitrogen and oxygen atoms in total.